The molecule has 1 atom stereocenters. The van der Waals surface area contributed by atoms with E-state index in [2.05, 4.69) is 0 Å². The first-order chi connectivity index (χ1) is 7.29. The van der Waals surface area contributed by atoms with E-state index in [4.69, 9.17) is 9.84 Å². The van der Waals surface area contributed by atoms with E-state index in [1.165, 1.54) is 11.4 Å². The van der Waals surface area contributed by atoms with Gasteiger partial charge in [0, 0.05) is 20.2 Å². The number of hydrogen-bond donors (Lipinski definition) is 1. The molecule has 7 heteroatoms. The van der Waals surface area contributed by atoms with E-state index in [0.717, 1.165) is 6.42 Å². The molecule has 1 rings (SSSR count). The molecule has 0 radical (unpaired) electrons. The number of carbonyl (C=O) groups is 1. The average molecular weight is 251 g/mol. The number of carboxylic acid groups (broad SMARTS) is 1. The standard InChI is InChI=1S/C9H17NO5S/c1-9(15-2)4-3-5-10(7-9)16(13,14)6-8(11)12/h3-7H2,1-2H3,(H,11,12). The number of ether oxygens (including phenoxy) is 1. The van der Waals surface area contributed by atoms with Crippen LogP contribution in [0, 0.1) is 0 Å². The summed E-state index contributed by atoms with van der Waals surface area (Å²) >= 11 is 0. The second-order valence-electron chi connectivity index (χ2n) is 4.24. The second kappa shape index (κ2) is 4.68. The quantitative estimate of drug-likeness (QED) is 0.754. The third kappa shape index (κ3) is 3.16. The highest BCUT2D eigenvalue weighted by molar-refractivity contribution is 7.89. The first-order valence-electron chi connectivity index (χ1n) is 5.04. The van der Waals surface area contributed by atoms with Gasteiger partial charge in [0.15, 0.2) is 5.75 Å². The van der Waals surface area contributed by atoms with Crippen molar-refractivity contribution in [2.75, 3.05) is 26.0 Å². The fourth-order valence-electron chi connectivity index (χ4n) is 1.81. The molecule has 94 valence electrons. The lowest BCUT2D eigenvalue weighted by atomic mass is 9.96. The molecule has 1 heterocycles. The monoisotopic (exact) mass is 251 g/mol. The number of carboxylic acids is 1. The van der Waals surface area contributed by atoms with Crippen molar-refractivity contribution in [1.29, 1.82) is 0 Å². The van der Waals surface area contributed by atoms with Crippen molar-refractivity contribution < 1.29 is 23.1 Å². The van der Waals surface area contributed by atoms with Crippen LogP contribution in [-0.4, -0.2) is 55.4 Å². The molecule has 0 spiro atoms. The van der Waals surface area contributed by atoms with Gasteiger partial charge in [-0.2, -0.15) is 4.31 Å². The van der Waals surface area contributed by atoms with Gasteiger partial charge in [-0.1, -0.05) is 0 Å². The van der Waals surface area contributed by atoms with E-state index >= 15 is 0 Å². The number of methoxy groups -OCH3 is 1. The Morgan fingerprint density at radius 3 is 2.69 bits per heavy atom. The van der Waals surface area contributed by atoms with Crippen LogP contribution < -0.4 is 0 Å². The smallest absolute Gasteiger partial charge is 0.320 e. The van der Waals surface area contributed by atoms with Crippen LogP contribution in [-0.2, 0) is 19.6 Å². The van der Waals surface area contributed by atoms with Crippen LogP contribution in [0.2, 0.25) is 0 Å². The molecule has 0 bridgehead atoms. The Labute approximate surface area is 95.2 Å². The lowest BCUT2D eigenvalue weighted by Gasteiger charge is -2.38. The van der Waals surface area contributed by atoms with Crippen LogP contribution in [0.4, 0.5) is 0 Å². The van der Waals surface area contributed by atoms with Gasteiger partial charge < -0.3 is 9.84 Å². The molecule has 6 nitrogen and oxygen atoms in total. The summed E-state index contributed by atoms with van der Waals surface area (Å²) in [5.41, 5.74) is -0.510. The van der Waals surface area contributed by atoms with Crippen molar-refractivity contribution in [2.45, 2.75) is 25.4 Å². The highest BCUT2D eigenvalue weighted by Crippen LogP contribution is 2.25. The molecule has 0 aromatic carbocycles. The van der Waals surface area contributed by atoms with Gasteiger partial charge in [-0.3, -0.25) is 4.79 Å². The number of sulfonamides is 1. The van der Waals surface area contributed by atoms with Crippen LogP contribution in [0.25, 0.3) is 0 Å². The molecule has 1 N–H and O–H groups in total. The van der Waals surface area contributed by atoms with Crippen molar-refractivity contribution in [2.24, 2.45) is 0 Å². The van der Waals surface area contributed by atoms with Crippen LogP contribution >= 0.6 is 0 Å². The highest BCUT2D eigenvalue weighted by Gasteiger charge is 2.37. The zero-order valence-corrected chi connectivity index (χ0v) is 10.3. The molecule has 1 aliphatic rings. The number of aliphatic carboxylic acids is 1. The van der Waals surface area contributed by atoms with Crippen molar-refractivity contribution in [1.82, 2.24) is 4.31 Å². The Kier molecular flexibility index (Phi) is 3.92. The summed E-state index contributed by atoms with van der Waals surface area (Å²) in [5, 5.41) is 8.53. The predicted octanol–water partition coefficient (Wildman–Crippen LogP) is -0.0983. The SMILES string of the molecule is COC1(C)CCCN(S(=O)(=O)CC(=O)O)C1. The summed E-state index contributed by atoms with van der Waals surface area (Å²) in [5.74, 6) is -2.18. The van der Waals surface area contributed by atoms with Gasteiger partial charge in [-0.25, -0.2) is 8.42 Å². The van der Waals surface area contributed by atoms with Gasteiger partial charge in [0.1, 0.15) is 0 Å². The van der Waals surface area contributed by atoms with Crippen LogP contribution in [0.3, 0.4) is 0 Å². The molecule has 0 amide bonds. The molecule has 0 aromatic rings. The van der Waals surface area contributed by atoms with E-state index < -0.39 is 27.3 Å². The molecule has 1 unspecified atom stereocenters. The van der Waals surface area contributed by atoms with Crippen molar-refractivity contribution >= 4 is 16.0 Å². The number of hydrogen-bond acceptors (Lipinski definition) is 4. The van der Waals surface area contributed by atoms with Crippen molar-refractivity contribution in [3.63, 3.8) is 0 Å². The van der Waals surface area contributed by atoms with Gasteiger partial charge in [0.25, 0.3) is 0 Å². The highest BCUT2D eigenvalue weighted by atomic mass is 32.2. The number of piperidine rings is 1. The summed E-state index contributed by atoms with van der Waals surface area (Å²) in [6, 6.07) is 0. The van der Waals surface area contributed by atoms with Gasteiger partial charge in [0.05, 0.1) is 5.60 Å². The van der Waals surface area contributed by atoms with Gasteiger partial charge in [0.2, 0.25) is 10.0 Å². The second-order valence-corrected chi connectivity index (χ2v) is 6.21. The zero-order chi connectivity index (χ0) is 12.4. The molecule has 1 aliphatic heterocycles. The van der Waals surface area contributed by atoms with Crippen LogP contribution in [0.5, 0.6) is 0 Å². The van der Waals surface area contributed by atoms with Gasteiger partial charge in [-0.15, -0.1) is 0 Å². The van der Waals surface area contributed by atoms with Crippen LogP contribution in [0.15, 0.2) is 0 Å². The summed E-state index contributed by atoms with van der Waals surface area (Å²) in [7, 11) is -2.17. The number of nitrogens with zero attached hydrogens (tertiary/aromatic N) is 1. The lowest BCUT2D eigenvalue weighted by Crippen LogP contribution is -2.50. The van der Waals surface area contributed by atoms with Gasteiger partial charge >= 0.3 is 5.97 Å². The first-order valence-corrected chi connectivity index (χ1v) is 6.65. The Bertz CT molecular complexity index is 366. The Balaban J connectivity index is 2.78. The molecular weight excluding hydrogens is 234 g/mol. The molecule has 0 aliphatic carbocycles. The van der Waals surface area contributed by atoms with Crippen LogP contribution in [0.1, 0.15) is 19.8 Å². The molecule has 1 saturated heterocycles. The minimum Gasteiger partial charge on any atom is -0.480 e. The van der Waals surface area contributed by atoms with E-state index in [-0.39, 0.29) is 6.54 Å². The summed E-state index contributed by atoms with van der Waals surface area (Å²) in [6.45, 7) is 2.42. The van der Waals surface area contributed by atoms with E-state index in [1.807, 2.05) is 6.92 Å². The predicted molar refractivity (Wildman–Crippen MR) is 57.6 cm³/mol. The minimum absolute atomic E-state index is 0.221. The average Bonchev–Trinajstić information content (AvgIpc) is 2.16. The number of rotatable bonds is 4. The summed E-state index contributed by atoms with van der Waals surface area (Å²) < 4.78 is 29.8. The fraction of sp³-hybridized carbons (Fsp3) is 0.889. The molecular formula is C9H17NO5S. The largest absolute Gasteiger partial charge is 0.480 e. The van der Waals surface area contributed by atoms with E-state index in [9.17, 15) is 13.2 Å². The summed E-state index contributed by atoms with van der Waals surface area (Å²) in [6.07, 6.45) is 1.46. The van der Waals surface area contributed by atoms with E-state index in [0.29, 0.717) is 13.0 Å². The van der Waals surface area contributed by atoms with Crippen molar-refractivity contribution in [3.05, 3.63) is 0 Å². The third-order valence-corrected chi connectivity index (χ3v) is 4.53. The van der Waals surface area contributed by atoms with Gasteiger partial charge in [-0.05, 0) is 19.8 Å². The summed E-state index contributed by atoms with van der Waals surface area (Å²) in [4.78, 5) is 10.5. The maximum absolute atomic E-state index is 11.7. The van der Waals surface area contributed by atoms with Crippen molar-refractivity contribution in [3.8, 4) is 0 Å². The first kappa shape index (κ1) is 13.4. The third-order valence-electron chi connectivity index (χ3n) is 2.82. The fourth-order valence-corrected chi connectivity index (χ4v) is 3.18. The minimum atomic E-state index is -3.71. The molecule has 0 saturated carbocycles. The molecule has 0 aromatic heterocycles. The zero-order valence-electron chi connectivity index (χ0n) is 9.47. The maximum atomic E-state index is 11.7. The van der Waals surface area contributed by atoms with E-state index in [1.54, 1.807) is 0 Å². The normalized spacial score (nSPS) is 27.9. The molecule has 16 heavy (non-hydrogen) atoms. The maximum Gasteiger partial charge on any atom is 0.320 e. The topological polar surface area (TPSA) is 83.9 Å². The Hall–Kier alpha value is -0.660. The Morgan fingerprint density at radius 2 is 2.19 bits per heavy atom. The lowest BCUT2D eigenvalue weighted by molar-refractivity contribution is -0.134. The molecule has 1 fully saturated rings. The Morgan fingerprint density at radius 1 is 1.56 bits per heavy atom.